The molecule has 0 aliphatic heterocycles. The van der Waals surface area contributed by atoms with Crippen molar-refractivity contribution in [1.82, 2.24) is 4.98 Å². The number of allylic oxidation sites excluding steroid dienone is 1. The van der Waals surface area contributed by atoms with Gasteiger partial charge in [0.2, 0.25) is 5.71 Å². The molecule has 1 aromatic carbocycles. The predicted molar refractivity (Wildman–Crippen MR) is 110 cm³/mol. The zero-order valence-electron chi connectivity index (χ0n) is 16.0. The van der Waals surface area contributed by atoms with Crippen LogP contribution in [-0.2, 0) is 30.4 Å². The summed E-state index contributed by atoms with van der Waals surface area (Å²) in [6, 6.07) is 4.24. The highest BCUT2D eigenvalue weighted by molar-refractivity contribution is 7.91. The van der Waals surface area contributed by atoms with Crippen LogP contribution in [0.1, 0.15) is 26.9 Å². The van der Waals surface area contributed by atoms with Crippen LogP contribution in [0, 0.1) is 0 Å². The van der Waals surface area contributed by atoms with Crippen molar-refractivity contribution in [3.8, 4) is 0 Å². The number of aromatic nitrogens is 1. The predicted octanol–water partition coefficient (Wildman–Crippen LogP) is -0.170. The Balaban J connectivity index is 2.53. The molecular weight excluding hydrogens is 490 g/mol. The van der Waals surface area contributed by atoms with Gasteiger partial charge in [0.1, 0.15) is 17.2 Å². The molecule has 0 saturated heterocycles. The van der Waals surface area contributed by atoms with Gasteiger partial charge in [0.25, 0.3) is 20.2 Å². The van der Waals surface area contributed by atoms with E-state index in [0.717, 1.165) is 13.1 Å². The van der Waals surface area contributed by atoms with Gasteiger partial charge in [0.05, 0.1) is 11.3 Å². The number of carbonyl (C=O) groups is 1. The highest BCUT2D eigenvalue weighted by Gasteiger charge is 2.43. The molecule has 1 aliphatic carbocycles. The lowest BCUT2D eigenvalue weighted by molar-refractivity contribution is -0.393. The number of aromatic amines is 1. The molecule has 16 heteroatoms. The number of carbonyl (C=O) groups excluding carboxylic acids is 1. The Bertz CT molecular complexity index is 1520. The molecule has 172 valence electrons. The molecule has 3 rings (SSSR count). The first-order chi connectivity index (χ1) is 14.5. The summed E-state index contributed by atoms with van der Waals surface area (Å²) >= 11 is 0. The molecule has 1 unspecified atom stereocenters. The van der Waals surface area contributed by atoms with Crippen LogP contribution in [0.5, 0.6) is 0 Å². The number of hydrogen-bond acceptors (Lipinski definition) is 8. The summed E-state index contributed by atoms with van der Waals surface area (Å²) in [6.07, 6.45) is 1.87. The second-order valence-electron chi connectivity index (χ2n) is 6.69. The van der Waals surface area contributed by atoms with Crippen LogP contribution in [0.4, 0.5) is 5.69 Å². The highest BCUT2D eigenvalue weighted by atomic mass is 32.2. The molecule has 0 radical (unpaired) electrons. The second kappa shape index (κ2) is 7.61. The maximum atomic E-state index is 12.8. The van der Waals surface area contributed by atoms with Crippen molar-refractivity contribution in [3.05, 3.63) is 58.3 Å². The number of rotatable bonds is 4. The number of nitrogens with two attached hydrogens (primary N) is 1. The molecule has 0 bridgehead atoms. The highest BCUT2D eigenvalue weighted by Crippen LogP contribution is 2.38. The van der Waals surface area contributed by atoms with E-state index in [4.69, 9.17) is 5.73 Å². The molecule has 13 nitrogen and oxygen atoms in total. The largest absolute Gasteiger partial charge is 0.436 e. The van der Waals surface area contributed by atoms with Gasteiger partial charge in [-0.2, -0.15) is 29.8 Å². The van der Waals surface area contributed by atoms with Crippen LogP contribution in [0.25, 0.3) is 0 Å². The van der Waals surface area contributed by atoms with Crippen molar-refractivity contribution in [2.75, 3.05) is 12.8 Å². The molecule has 1 amide bonds. The minimum atomic E-state index is -5.22. The molecule has 0 saturated carbocycles. The summed E-state index contributed by atoms with van der Waals surface area (Å²) < 4.78 is 101. The summed E-state index contributed by atoms with van der Waals surface area (Å²) in [5.41, 5.74) is 3.45. The molecule has 1 atom stereocenters. The maximum absolute atomic E-state index is 12.8. The van der Waals surface area contributed by atoms with Gasteiger partial charge in [-0.1, -0.05) is 0 Å². The molecule has 2 aromatic rings. The Morgan fingerprint density at radius 1 is 1.06 bits per heavy atom. The molecule has 1 aromatic heterocycles. The van der Waals surface area contributed by atoms with E-state index >= 15 is 0 Å². The number of benzene rings is 1. The minimum Gasteiger partial charge on any atom is -0.398 e. The minimum absolute atomic E-state index is 0.0291. The van der Waals surface area contributed by atoms with Crippen molar-refractivity contribution in [1.29, 1.82) is 0 Å². The molecule has 32 heavy (non-hydrogen) atoms. The van der Waals surface area contributed by atoms with Gasteiger partial charge in [-0.15, -0.1) is 0 Å². The van der Waals surface area contributed by atoms with E-state index < -0.39 is 73.8 Å². The van der Waals surface area contributed by atoms with Gasteiger partial charge in [-0.05, 0) is 35.9 Å². The van der Waals surface area contributed by atoms with E-state index in [9.17, 15) is 43.7 Å². The van der Waals surface area contributed by atoms with Gasteiger partial charge in [-0.3, -0.25) is 13.7 Å². The fourth-order valence-corrected chi connectivity index (χ4v) is 5.60. The summed E-state index contributed by atoms with van der Waals surface area (Å²) in [5.74, 6) is -0.846. The van der Waals surface area contributed by atoms with Crippen LogP contribution >= 0.6 is 0 Å². The number of nitrogens with zero attached hydrogens (tertiary/aromatic N) is 1. The first kappa shape index (κ1) is 23.8. The normalized spacial score (nSPS) is 18.6. The molecule has 6 N–H and O–H groups in total. The molecular formula is C16H16N3O10S3+. The van der Waals surface area contributed by atoms with Gasteiger partial charge in [0.15, 0.2) is 10.6 Å². The third-order valence-corrected chi connectivity index (χ3v) is 7.45. The zero-order valence-corrected chi connectivity index (χ0v) is 18.4. The number of anilines is 1. The fraction of sp³-hybridized carbons (Fsp3) is 0.125. The average molecular weight is 507 g/mol. The third-order valence-electron chi connectivity index (χ3n) is 4.62. The van der Waals surface area contributed by atoms with E-state index in [2.05, 4.69) is 4.98 Å². The fourth-order valence-electron chi connectivity index (χ4n) is 3.26. The number of amides is 1. The van der Waals surface area contributed by atoms with Crippen LogP contribution in [0.2, 0.25) is 0 Å². The SMILES string of the molecule is C[N+](C(=O)c1ccc[nH]1)=C1C(S(=O)(=O)O)=CC(S(=O)(=O)O)c2cc(N)c(S(=O)(=O)O)cc21. The smallest absolute Gasteiger partial charge is 0.398 e. The number of fused-ring (bicyclic) bond motifs is 1. The lowest BCUT2D eigenvalue weighted by Crippen LogP contribution is -2.34. The summed E-state index contributed by atoms with van der Waals surface area (Å²) in [4.78, 5) is 13.4. The Labute approximate surface area is 182 Å². The quantitative estimate of drug-likeness (QED) is 0.208. The zero-order chi connectivity index (χ0) is 24.2. The lowest BCUT2D eigenvalue weighted by Gasteiger charge is -2.22. The lowest BCUT2D eigenvalue weighted by atomic mass is 9.93. The van der Waals surface area contributed by atoms with E-state index in [-0.39, 0.29) is 5.69 Å². The number of nitrogen functional groups attached to an aromatic ring is 1. The first-order valence-electron chi connectivity index (χ1n) is 8.39. The average Bonchev–Trinajstić information content (AvgIpc) is 3.17. The van der Waals surface area contributed by atoms with Crippen molar-refractivity contribution in [2.24, 2.45) is 0 Å². The first-order valence-corrected chi connectivity index (χ1v) is 12.8. The summed E-state index contributed by atoms with van der Waals surface area (Å²) in [6.45, 7) is 0. The van der Waals surface area contributed by atoms with E-state index in [1.165, 1.54) is 18.3 Å². The van der Waals surface area contributed by atoms with Gasteiger partial charge >= 0.3 is 16.0 Å². The van der Waals surface area contributed by atoms with E-state index in [1.54, 1.807) is 0 Å². The van der Waals surface area contributed by atoms with Gasteiger partial charge in [-0.25, -0.2) is 4.79 Å². The monoisotopic (exact) mass is 506 g/mol. The maximum Gasteiger partial charge on any atom is 0.436 e. The third kappa shape index (κ3) is 4.23. The molecule has 1 aliphatic rings. The number of nitrogens with one attached hydrogen (secondary N) is 1. The molecule has 0 spiro atoms. The molecule has 1 heterocycles. The van der Waals surface area contributed by atoms with E-state index in [1.807, 2.05) is 0 Å². The summed E-state index contributed by atoms with van der Waals surface area (Å²) in [5, 5.41) is -2.09. The van der Waals surface area contributed by atoms with Crippen LogP contribution in [0.3, 0.4) is 0 Å². The van der Waals surface area contributed by atoms with Crippen molar-refractivity contribution >= 4 is 47.7 Å². The number of H-pyrrole nitrogens is 1. The van der Waals surface area contributed by atoms with Crippen LogP contribution < -0.4 is 5.73 Å². The Morgan fingerprint density at radius 2 is 1.69 bits per heavy atom. The van der Waals surface area contributed by atoms with Gasteiger partial charge in [0, 0.05) is 6.20 Å². The molecule has 0 fully saturated rings. The Morgan fingerprint density at radius 3 is 2.16 bits per heavy atom. The Kier molecular flexibility index (Phi) is 5.65. The van der Waals surface area contributed by atoms with Crippen molar-refractivity contribution in [3.63, 3.8) is 0 Å². The van der Waals surface area contributed by atoms with Crippen molar-refractivity contribution in [2.45, 2.75) is 10.1 Å². The van der Waals surface area contributed by atoms with Gasteiger partial charge < -0.3 is 10.7 Å². The van der Waals surface area contributed by atoms with Crippen molar-refractivity contribution < 1.29 is 48.3 Å². The second-order valence-corrected chi connectivity index (χ2v) is 11.0. The summed E-state index contributed by atoms with van der Waals surface area (Å²) in [7, 11) is -14.2. The number of hydrogen-bond donors (Lipinski definition) is 5. The standard InChI is InChI=1S/C16H15N3O10S3/c1-19(16(20)11-3-2-4-18-11)15-9-6-13(31(24,25)26)10(17)5-8(9)12(30(21,22)23)7-14(15)32(27,28)29/h2-7,12,17H,1H3,(H4,18,20,21,22,23,24,25,26,27,28,29)/p+1. The van der Waals surface area contributed by atoms with Crippen LogP contribution in [-0.4, -0.2) is 67.1 Å². The topological polar surface area (TPSA) is 225 Å². The van der Waals surface area contributed by atoms with Crippen LogP contribution in [0.15, 0.2) is 46.3 Å². The Hall–Kier alpha value is -2.89. The van der Waals surface area contributed by atoms with E-state index in [0.29, 0.717) is 16.7 Å².